The van der Waals surface area contributed by atoms with E-state index in [1.54, 1.807) is 56.8 Å². The Morgan fingerprint density at radius 1 is 1.14 bits per heavy atom. The van der Waals surface area contributed by atoms with Crippen molar-refractivity contribution in [1.82, 2.24) is 5.16 Å². The number of anilines is 1. The maximum atomic E-state index is 9.56. The molecule has 3 rings (SSSR count). The minimum Gasteiger partial charge on any atom is -0.497 e. The summed E-state index contributed by atoms with van der Waals surface area (Å²) in [7, 11) is 3.14. The van der Waals surface area contributed by atoms with Crippen LogP contribution in [0.3, 0.4) is 0 Å². The number of aromatic nitrogens is 1. The zero-order valence-corrected chi connectivity index (χ0v) is 16.5. The molecule has 8 heteroatoms. The van der Waals surface area contributed by atoms with Gasteiger partial charge in [-0.3, -0.25) is 0 Å². The van der Waals surface area contributed by atoms with Crippen LogP contribution in [0.15, 0.2) is 47.1 Å². The van der Waals surface area contributed by atoms with Gasteiger partial charge in [0, 0.05) is 23.9 Å². The molecule has 1 N–H and O–H groups in total. The van der Waals surface area contributed by atoms with Crippen LogP contribution in [0.5, 0.6) is 11.5 Å². The van der Waals surface area contributed by atoms with Gasteiger partial charge in [0.2, 0.25) is 0 Å². The zero-order valence-electron chi connectivity index (χ0n) is 15.0. The fourth-order valence-corrected chi connectivity index (χ4v) is 3.12. The maximum absolute atomic E-state index is 9.56. The van der Waals surface area contributed by atoms with E-state index < -0.39 is 0 Å². The first-order valence-corrected chi connectivity index (χ1v) is 8.84. The number of halogens is 2. The Morgan fingerprint density at radius 3 is 2.54 bits per heavy atom. The van der Waals surface area contributed by atoms with E-state index in [4.69, 9.17) is 37.2 Å². The van der Waals surface area contributed by atoms with Crippen molar-refractivity contribution in [3.63, 3.8) is 0 Å². The van der Waals surface area contributed by atoms with Crippen molar-refractivity contribution in [2.24, 2.45) is 0 Å². The zero-order chi connectivity index (χ0) is 20.1. The summed E-state index contributed by atoms with van der Waals surface area (Å²) in [6.45, 7) is 0. The van der Waals surface area contributed by atoms with Crippen molar-refractivity contribution in [2.45, 2.75) is 0 Å². The van der Waals surface area contributed by atoms with Crippen molar-refractivity contribution in [1.29, 1.82) is 5.26 Å². The Morgan fingerprint density at radius 2 is 1.89 bits per heavy atom. The van der Waals surface area contributed by atoms with Gasteiger partial charge in [-0.25, -0.2) is 0 Å². The molecule has 3 aromatic rings. The first-order chi connectivity index (χ1) is 13.6. The predicted molar refractivity (Wildman–Crippen MR) is 109 cm³/mol. The molecule has 2 aromatic carbocycles. The predicted octanol–water partition coefficient (Wildman–Crippen LogP) is 5.62. The van der Waals surface area contributed by atoms with Gasteiger partial charge in [0.05, 0.1) is 30.0 Å². The second kappa shape index (κ2) is 8.70. The molecule has 0 amide bonds. The van der Waals surface area contributed by atoms with Crippen molar-refractivity contribution in [3.05, 3.63) is 64.0 Å². The summed E-state index contributed by atoms with van der Waals surface area (Å²) in [6.07, 6.45) is 3.20. The van der Waals surface area contributed by atoms with Crippen LogP contribution in [0, 0.1) is 11.3 Å². The summed E-state index contributed by atoms with van der Waals surface area (Å²) in [5.74, 6) is 1.55. The Balaban J connectivity index is 1.88. The Labute approximate surface area is 171 Å². The summed E-state index contributed by atoms with van der Waals surface area (Å²) in [4.78, 5) is 0. The molecule has 142 valence electrons. The van der Waals surface area contributed by atoms with E-state index in [2.05, 4.69) is 16.5 Å². The molecule has 0 fully saturated rings. The fraction of sp³-hybridized carbons (Fsp3) is 0.100. The van der Waals surface area contributed by atoms with Gasteiger partial charge < -0.3 is 19.3 Å². The smallest absolute Gasteiger partial charge is 0.179 e. The lowest BCUT2D eigenvalue weighted by atomic mass is 10.1. The van der Waals surface area contributed by atoms with Crippen LogP contribution < -0.4 is 14.8 Å². The Hall–Kier alpha value is -3.14. The molecule has 0 saturated carbocycles. The largest absolute Gasteiger partial charge is 0.497 e. The number of hydrogen-bond acceptors (Lipinski definition) is 6. The van der Waals surface area contributed by atoms with E-state index in [0.29, 0.717) is 38.5 Å². The Kier molecular flexibility index (Phi) is 6.09. The lowest BCUT2D eigenvalue weighted by Crippen LogP contribution is -1.94. The lowest BCUT2D eigenvalue weighted by molar-refractivity contribution is 0.395. The number of nitrogens with one attached hydrogen (secondary N) is 1. The number of nitriles is 1. The Bertz CT molecular complexity index is 1050. The van der Waals surface area contributed by atoms with Crippen LogP contribution in [0.4, 0.5) is 5.69 Å². The second-order valence-electron chi connectivity index (χ2n) is 5.52. The third-order valence-electron chi connectivity index (χ3n) is 3.91. The van der Waals surface area contributed by atoms with Gasteiger partial charge in [0.15, 0.2) is 5.76 Å². The number of methoxy groups -OCH3 is 2. The van der Waals surface area contributed by atoms with Gasteiger partial charge in [0.25, 0.3) is 0 Å². The molecule has 0 aliphatic carbocycles. The SMILES string of the molecule is COc1ccc(NC=Cc2onc(-c3c(Cl)cccc3Cl)c2C#N)c(OC)c1. The van der Waals surface area contributed by atoms with Crippen molar-refractivity contribution >= 4 is 35.0 Å². The highest BCUT2D eigenvalue weighted by Crippen LogP contribution is 2.37. The molecule has 0 saturated heterocycles. The van der Waals surface area contributed by atoms with Gasteiger partial charge in [-0.05, 0) is 24.3 Å². The van der Waals surface area contributed by atoms with Crippen molar-refractivity contribution in [2.75, 3.05) is 19.5 Å². The van der Waals surface area contributed by atoms with Gasteiger partial charge in [-0.15, -0.1) is 0 Å². The number of nitrogens with zero attached hydrogens (tertiary/aromatic N) is 2. The highest BCUT2D eigenvalue weighted by molar-refractivity contribution is 6.39. The van der Waals surface area contributed by atoms with Gasteiger partial charge >= 0.3 is 0 Å². The number of hydrogen-bond donors (Lipinski definition) is 1. The number of rotatable bonds is 6. The topological polar surface area (TPSA) is 80.3 Å². The molecule has 0 aliphatic rings. The fourth-order valence-electron chi connectivity index (χ4n) is 2.54. The third kappa shape index (κ3) is 3.91. The minimum absolute atomic E-state index is 0.231. The highest BCUT2D eigenvalue weighted by atomic mass is 35.5. The summed E-state index contributed by atoms with van der Waals surface area (Å²) >= 11 is 12.4. The van der Waals surface area contributed by atoms with E-state index in [0.717, 1.165) is 0 Å². The summed E-state index contributed by atoms with van der Waals surface area (Å²) in [5.41, 5.74) is 1.69. The van der Waals surface area contributed by atoms with Crippen LogP contribution in [0.2, 0.25) is 10.0 Å². The monoisotopic (exact) mass is 415 g/mol. The molecule has 0 spiro atoms. The molecule has 6 nitrogen and oxygen atoms in total. The van der Waals surface area contributed by atoms with E-state index in [-0.39, 0.29) is 11.3 Å². The molecular weight excluding hydrogens is 401 g/mol. The first kappa shape index (κ1) is 19.6. The third-order valence-corrected chi connectivity index (χ3v) is 4.54. The van der Waals surface area contributed by atoms with Crippen LogP contribution in [0.25, 0.3) is 17.3 Å². The highest BCUT2D eigenvalue weighted by Gasteiger charge is 2.20. The maximum Gasteiger partial charge on any atom is 0.179 e. The van der Waals surface area contributed by atoms with E-state index in [1.807, 2.05) is 6.07 Å². The number of ether oxygens (including phenoxy) is 2. The van der Waals surface area contributed by atoms with E-state index in [9.17, 15) is 5.26 Å². The molecule has 1 heterocycles. The van der Waals surface area contributed by atoms with E-state index in [1.165, 1.54) is 0 Å². The summed E-state index contributed by atoms with van der Waals surface area (Å²) in [6, 6.07) is 12.5. The quantitative estimate of drug-likeness (QED) is 0.562. The van der Waals surface area contributed by atoms with E-state index >= 15 is 0 Å². The van der Waals surface area contributed by atoms with Crippen molar-refractivity contribution < 1.29 is 14.0 Å². The molecule has 1 aromatic heterocycles. The molecule has 0 unspecified atom stereocenters. The molecule has 0 radical (unpaired) electrons. The van der Waals surface area contributed by atoms with Gasteiger partial charge in [-0.2, -0.15) is 5.26 Å². The average Bonchev–Trinajstić information content (AvgIpc) is 3.10. The summed E-state index contributed by atoms with van der Waals surface area (Å²) < 4.78 is 15.8. The lowest BCUT2D eigenvalue weighted by Gasteiger charge is -2.09. The average molecular weight is 416 g/mol. The van der Waals surface area contributed by atoms with Gasteiger partial charge in [-0.1, -0.05) is 34.4 Å². The van der Waals surface area contributed by atoms with Crippen molar-refractivity contribution in [3.8, 4) is 28.8 Å². The van der Waals surface area contributed by atoms with Crippen LogP contribution in [0.1, 0.15) is 11.3 Å². The molecule has 0 aliphatic heterocycles. The number of benzene rings is 2. The molecule has 0 bridgehead atoms. The normalized spacial score (nSPS) is 10.7. The van der Waals surface area contributed by atoms with Crippen LogP contribution >= 0.6 is 23.2 Å². The molecule has 28 heavy (non-hydrogen) atoms. The molecule has 0 atom stereocenters. The standard InChI is InChI=1S/C20H15Cl2N3O3/c1-26-12-6-7-16(18(10-12)27-2)24-9-8-17-13(11-23)20(25-28-17)19-14(21)4-3-5-15(19)22/h3-10,24H,1-2H3. The van der Waals surface area contributed by atoms with Gasteiger partial charge in [0.1, 0.15) is 28.8 Å². The summed E-state index contributed by atoms with van der Waals surface area (Å²) in [5, 5.41) is 17.4. The minimum atomic E-state index is 0.231. The van der Waals surface area contributed by atoms with Crippen LogP contribution in [-0.4, -0.2) is 19.4 Å². The molecular formula is C20H15Cl2N3O3. The second-order valence-corrected chi connectivity index (χ2v) is 6.34. The first-order valence-electron chi connectivity index (χ1n) is 8.08. The van der Waals surface area contributed by atoms with Crippen LogP contribution in [-0.2, 0) is 0 Å².